The van der Waals surface area contributed by atoms with Crippen molar-refractivity contribution in [3.8, 4) is 0 Å². The van der Waals surface area contributed by atoms with Gasteiger partial charge in [0, 0.05) is 30.1 Å². The molecule has 1 aromatic heterocycles. The van der Waals surface area contributed by atoms with Crippen LogP contribution in [0.4, 0.5) is 18.0 Å². The van der Waals surface area contributed by atoms with Gasteiger partial charge in [0.25, 0.3) is 11.1 Å². The number of hydrogen-bond acceptors (Lipinski definition) is 6. The summed E-state index contributed by atoms with van der Waals surface area (Å²) in [4.78, 5) is 26.4. The Bertz CT molecular complexity index is 1330. The van der Waals surface area contributed by atoms with Crippen LogP contribution in [0.15, 0.2) is 47.5 Å². The number of imide groups is 1. The lowest BCUT2D eigenvalue weighted by Crippen LogP contribution is -2.35. The number of alkyl halides is 3. The lowest BCUT2D eigenvalue weighted by molar-refractivity contribution is -0.138. The maximum absolute atomic E-state index is 13.5. The largest absolute Gasteiger partial charge is 0.416 e. The van der Waals surface area contributed by atoms with Crippen molar-refractivity contribution in [3.05, 3.63) is 69.2 Å². The lowest BCUT2D eigenvalue weighted by Gasteiger charge is -2.14. The molecule has 0 radical (unpaired) electrons. The molecular weight excluding hydrogens is 517 g/mol. The van der Waals surface area contributed by atoms with Crippen LogP contribution in [0.25, 0.3) is 17.0 Å². The molecule has 12 heteroatoms. The van der Waals surface area contributed by atoms with E-state index in [4.69, 9.17) is 16.7 Å². The smallest absolute Gasteiger partial charge is 0.396 e. The van der Waals surface area contributed by atoms with Crippen molar-refractivity contribution in [2.45, 2.75) is 19.1 Å². The fourth-order valence-corrected chi connectivity index (χ4v) is 4.83. The zero-order valence-corrected chi connectivity index (χ0v) is 20.5. The lowest BCUT2D eigenvalue weighted by atomic mass is 10.1. The van der Waals surface area contributed by atoms with E-state index in [9.17, 15) is 22.8 Å². The van der Waals surface area contributed by atoms with E-state index in [0.29, 0.717) is 36.0 Å². The summed E-state index contributed by atoms with van der Waals surface area (Å²) in [5, 5.41) is 16.4. The molecule has 2 aromatic carbocycles. The van der Waals surface area contributed by atoms with Gasteiger partial charge in [-0.15, -0.1) is 0 Å². The minimum atomic E-state index is -4.55. The number of rotatable bonds is 9. The monoisotopic (exact) mass is 538 g/mol. The zero-order chi connectivity index (χ0) is 25.9. The van der Waals surface area contributed by atoms with Crippen LogP contribution < -0.4 is 5.32 Å². The van der Waals surface area contributed by atoms with Crippen LogP contribution in [-0.2, 0) is 17.5 Å². The van der Waals surface area contributed by atoms with E-state index in [0.717, 1.165) is 17.8 Å². The SMILES string of the molecule is O=C1SC(=Cc2ccc3c(cnn3Cc3ccc(Cl)cc3C(F)(F)F)c2)C(=O)N1CCNCCCO. The third-order valence-corrected chi connectivity index (χ3v) is 6.70. The fraction of sp³-hybridized carbons (Fsp3) is 0.292. The number of carbonyl (C=O) groups excluding carboxylic acids is 2. The van der Waals surface area contributed by atoms with E-state index >= 15 is 0 Å². The van der Waals surface area contributed by atoms with Crippen molar-refractivity contribution >= 4 is 51.5 Å². The summed E-state index contributed by atoms with van der Waals surface area (Å²) in [6, 6.07) is 8.85. The summed E-state index contributed by atoms with van der Waals surface area (Å²) in [5.41, 5.74) is 0.517. The highest BCUT2D eigenvalue weighted by Gasteiger charge is 2.35. The van der Waals surface area contributed by atoms with Gasteiger partial charge in [-0.25, -0.2) is 0 Å². The second-order valence-corrected chi connectivity index (χ2v) is 9.51. The highest BCUT2D eigenvalue weighted by molar-refractivity contribution is 8.18. The molecule has 0 bridgehead atoms. The maximum atomic E-state index is 13.5. The number of aromatic nitrogens is 2. The van der Waals surface area contributed by atoms with Crippen LogP contribution in [-0.4, -0.2) is 57.2 Å². The van der Waals surface area contributed by atoms with Crippen molar-refractivity contribution in [1.82, 2.24) is 20.0 Å². The number of halogens is 4. The van der Waals surface area contributed by atoms with Crippen molar-refractivity contribution in [3.63, 3.8) is 0 Å². The van der Waals surface area contributed by atoms with Crippen molar-refractivity contribution in [2.75, 3.05) is 26.2 Å². The van der Waals surface area contributed by atoms with Gasteiger partial charge < -0.3 is 10.4 Å². The quantitative estimate of drug-likeness (QED) is 0.302. The van der Waals surface area contributed by atoms with Crippen LogP contribution in [0.2, 0.25) is 5.02 Å². The number of amides is 2. The highest BCUT2D eigenvalue weighted by atomic mass is 35.5. The summed E-state index contributed by atoms with van der Waals surface area (Å²) in [6.45, 7) is 1.21. The third kappa shape index (κ3) is 5.92. The normalized spacial score (nSPS) is 15.6. The fourth-order valence-electron chi connectivity index (χ4n) is 3.80. The second kappa shape index (κ2) is 11.0. The molecule has 0 aliphatic carbocycles. The number of aliphatic hydroxyl groups excluding tert-OH is 1. The third-order valence-electron chi connectivity index (χ3n) is 5.56. The summed E-state index contributed by atoms with van der Waals surface area (Å²) in [6.07, 6.45) is -0.805. The maximum Gasteiger partial charge on any atom is 0.416 e. The minimum Gasteiger partial charge on any atom is -0.396 e. The standard InChI is InChI=1S/C24H22ClF3N4O3S/c25-18-4-3-16(19(12-18)24(26,27)28)14-32-20-5-2-15(10-17(20)13-30-32)11-21-22(34)31(23(35)36-21)8-7-29-6-1-9-33/h2-5,10-13,29,33H,1,6-9,14H2. The molecule has 0 saturated carbocycles. The van der Waals surface area contributed by atoms with Crippen molar-refractivity contribution in [2.24, 2.45) is 0 Å². The van der Waals surface area contributed by atoms with Gasteiger partial charge in [0.15, 0.2) is 0 Å². The number of thioether (sulfide) groups is 1. The van der Waals surface area contributed by atoms with Gasteiger partial charge >= 0.3 is 6.18 Å². The number of hydrogen-bond donors (Lipinski definition) is 2. The van der Waals surface area contributed by atoms with Gasteiger partial charge in [-0.05, 0) is 66.2 Å². The van der Waals surface area contributed by atoms with Gasteiger partial charge in [0.05, 0.1) is 28.7 Å². The highest BCUT2D eigenvalue weighted by Crippen LogP contribution is 2.35. The molecule has 36 heavy (non-hydrogen) atoms. The van der Waals surface area contributed by atoms with Gasteiger partial charge in [-0.3, -0.25) is 19.2 Å². The Hall–Kier alpha value is -2.86. The molecule has 1 saturated heterocycles. The van der Waals surface area contributed by atoms with E-state index in [2.05, 4.69) is 10.4 Å². The predicted octanol–water partition coefficient (Wildman–Crippen LogP) is 4.77. The number of fused-ring (bicyclic) bond motifs is 1. The molecule has 0 unspecified atom stereocenters. The molecular formula is C24H22ClF3N4O3S. The molecule has 190 valence electrons. The van der Waals surface area contributed by atoms with E-state index in [1.54, 1.807) is 30.5 Å². The number of benzene rings is 2. The van der Waals surface area contributed by atoms with Crippen LogP contribution in [0.3, 0.4) is 0 Å². The Morgan fingerprint density at radius 3 is 2.69 bits per heavy atom. The van der Waals surface area contributed by atoms with Crippen molar-refractivity contribution in [1.29, 1.82) is 0 Å². The van der Waals surface area contributed by atoms with E-state index in [1.165, 1.54) is 21.7 Å². The predicted molar refractivity (Wildman–Crippen MR) is 133 cm³/mol. The van der Waals surface area contributed by atoms with Gasteiger partial charge in [-0.2, -0.15) is 18.3 Å². The van der Waals surface area contributed by atoms with Crippen LogP contribution >= 0.6 is 23.4 Å². The van der Waals surface area contributed by atoms with E-state index in [1.807, 2.05) is 0 Å². The number of carbonyl (C=O) groups is 2. The molecule has 2 N–H and O–H groups in total. The summed E-state index contributed by atoms with van der Waals surface area (Å²) in [5.74, 6) is -0.382. The first-order valence-corrected chi connectivity index (χ1v) is 12.2. The molecule has 1 fully saturated rings. The van der Waals surface area contributed by atoms with Gasteiger partial charge in [0.2, 0.25) is 0 Å². The Morgan fingerprint density at radius 1 is 1.14 bits per heavy atom. The Morgan fingerprint density at radius 2 is 1.94 bits per heavy atom. The van der Waals surface area contributed by atoms with E-state index < -0.39 is 11.7 Å². The number of aliphatic hydroxyl groups is 1. The topological polar surface area (TPSA) is 87.5 Å². The van der Waals surface area contributed by atoms with Crippen molar-refractivity contribution < 1.29 is 27.9 Å². The number of nitrogens with zero attached hydrogens (tertiary/aromatic N) is 3. The first-order valence-electron chi connectivity index (χ1n) is 11.1. The molecule has 2 amide bonds. The number of nitrogens with one attached hydrogen (secondary N) is 1. The van der Waals surface area contributed by atoms with Crippen LogP contribution in [0.5, 0.6) is 0 Å². The van der Waals surface area contributed by atoms with Crippen LogP contribution in [0, 0.1) is 0 Å². The average molecular weight is 539 g/mol. The summed E-state index contributed by atoms with van der Waals surface area (Å²) < 4.78 is 41.8. The molecule has 1 aliphatic heterocycles. The molecule has 3 aromatic rings. The molecule has 2 heterocycles. The molecule has 7 nitrogen and oxygen atoms in total. The van der Waals surface area contributed by atoms with Gasteiger partial charge in [-0.1, -0.05) is 23.7 Å². The Labute approximate surface area is 213 Å². The van der Waals surface area contributed by atoms with Crippen LogP contribution in [0.1, 0.15) is 23.1 Å². The first kappa shape index (κ1) is 26.2. The van der Waals surface area contributed by atoms with Gasteiger partial charge in [0.1, 0.15) is 0 Å². The second-order valence-electron chi connectivity index (χ2n) is 8.08. The Balaban J connectivity index is 1.50. The van der Waals surface area contributed by atoms with E-state index in [-0.39, 0.29) is 46.3 Å². The molecule has 0 spiro atoms. The zero-order valence-electron chi connectivity index (χ0n) is 18.9. The summed E-state index contributed by atoms with van der Waals surface area (Å²) in [7, 11) is 0. The Kier molecular flexibility index (Phi) is 8.04. The molecule has 1 aliphatic rings. The minimum absolute atomic E-state index is 0.00316. The average Bonchev–Trinajstić information content (AvgIpc) is 3.34. The summed E-state index contributed by atoms with van der Waals surface area (Å²) >= 11 is 6.62. The molecule has 4 rings (SSSR count). The first-order chi connectivity index (χ1) is 17.2. The molecule has 0 atom stereocenters.